The molecular weight excluding hydrogens is 230 g/mol. The normalized spacial score (nSPS) is 14.1. The van der Waals surface area contributed by atoms with E-state index >= 15 is 0 Å². The van der Waals surface area contributed by atoms with Crippen molar-refractivity contribution in [2.75, 3.05) is 7.11 Å². The third-order valence-electron chi connectivity index (χ3n) is 2.43. The van der Waals surface area contributed by atoms with Gasteiger partial charge in [-0.15, -0.1) is 0 Å². The lowest BCUT2D eigenvalue weighted by Gasteiger charge is -2.10. The van der Waals surface area contributed by atoms with E-state index in [0.29, 0.717) is 17.9 Å². The molecule has 1 heterocycles. The summed E-state index contributed by atoms with van der Waals surface area (Å²) < 4.78 is 29.4. The Morgan fingerprint density at radius 1 is 1.50 bits per heavy atom. The molecule has 0 aliphatic carbocycles. The van der Waals surface area contributed by atoms with Crippen molar-refractivity contribution in [2.24, 2.45) is 5.14 Å². The van der Waals surface area contributed by atoms with E-state index in [2.05, 4.69) is 5.10 Å². The van der Waals surface area contributed by atoms with E-state index in [1.54, 1.807) is 25.6 Å². The van der Waals surface area contributed by atoms with Crippen LogP contribution in [-0.2, 0) is 21.3 Å². The second-order valence-corrected chi connectivity index (χ2v) is 5.27. The summed E-state index contributed by atoms with van der Waals surface area (Å²) in [6.45, 7) is 5.69. The fraction of sp³-hybridized carbons (Fsp3) is 0.667. The predicted octanol–water partition coefficient (Wildman–Crippen LogP) is 0.182. The first-order valence-corrected chi connectivity index (χ1v) is 6.41. The molecule has 6 nitrogen and oxygen atoms in total. The van der Waals surface area contributed by atoms with Crippen molar-refractivity contribution in [2.45, 2.75) is 38.3 Å². The minimum atomic E-state index is -3.71. The minimum absolute atomic E-state index is 0.0358. The topological polar surface area (TPSA) is 87.2 Å². The number of nitrogens with zero attached hydrogens (tertiary/aromatic N) is 2. The van der Waals surface area contributed by atoms with Gasteiger partial charge in [0.1, 0.15) is 4.90 Å². The lowest BCUT2D eigenvalue weighted by Crippen LogP contribution is -2.18. The smallest absolute Gasteiger partial charge is 0.241 e. The van der Waals surface area contributed by atoms with Gasteiger partial charge in [-0.05, 0) is 20.8 Å². The highest BCUT2D eigenvalue weighted by Crippen LogP contribution is 2.18. The Hall–Kier alpha value is -0.920. The van der Waals surface area contributed by atoms with Crippen LogP contribution in [0.3, 0.4) is 0 Å². The SMILES string of the molecule is COC(C)Cn1nc(C)c(S(N)(=O)=O)c1C. The number of hydrogen-bond donors (Lipinski definition) is 1. The summed E-state index contributed by atoms with van der Waals surface area (Å²) in [5.41, 5.74) is 0.965. The summed E-state index contributed by atoms with van der Waals surface area (Å²) in [6, 6.07) is 0. The number of sulfonamides is 1. The number of ether oxygens (including phenoxy) is 1. The fourth-order valence-electron chi connectivity index (χ4n) is 1.59. The molecule has 1 atom stereocenters. The number of aromatic nitrogens is 2. The van der Waals surface area contributed by atoms with Gasteiger partial charge in [-0.25, -0.2) is 13.6 Å². The standard InChI is InChI=1S/C9H17N3O3S/c1-6(15-4)5-12-8(3)9(7(2)11-12)16(10,13)14/h6H,5H2,1-4H3,(H2,10,13,14). The van der Waals surface area contributed by atoms with Crippen LogP contribution in [0.5, 0.6) is 0 Å². The van der Waals surface area contributed by atoms with E-state index in [4.69, 9.17) is 9.88 Å². The van der Waals surface area contributed by atoms with Gasteiger partial charge in [0.05, 0.1) is 24.0 Å². The van der Waals surface area contributed by atoms with Gasteiger partial charge in [0.2, 0.25) is 10.0 Å². The second-order valence-electron chi connectivity index (χ2n) is 3.77. The van der Waals surface area contributed by atoms with Crippen LogP contribution in [-0.4, -0.2) is 31.4 Å². The van der Waals surface area contributed by atoms with Crippen molar-refractivity contribution >= 4 is 10.0 Å². The third kappa shape index (κ3) is 2.60. The number of nitrogens with two attached hydrogens (primary N) is 1. The Bertz CT molecular complexity index is 478. The molecule has 1 rings (SSSR count). The monoisotopic (exact) mass is 247 g/mol. The maximum Gasteiger partial charge on any atom is 0.241 e. The molecule has 0 saturated heterocycles. The number of aryl methyl sites for hydroxylation is 1. The predicted molar refractivity (Wildman–Crippen MR) is 59.5 cm³/mol. The average Bonchev–Trinajstić information content (AvgIpc) is 2.40. The quantitative estimate of drug-likeness (QED) is 0.822. The lowest BCUT2D eigenvalue weighted by atomic mass is 10.3. The molecule has 2 N–H and O–H groups in total. The van der Waals surface area contributed by atoms with E-state index in [0.717, 1.165) is 0 Å². The highest BCUT2D eigenvalue weighted by atomic mass is 32.2. The van der Waals surface area contributed by atoms with Gasteiger partial charge in [0, 0.05) is 7.11 Å². The Morgan fingerprint density at radius 2 is 2.06 bits per heavy atom. The Kier molecular flexibility index (Phi) is 3.72. The molecule has 0 aromatic carbocycles. The summed E-state index contributed by atoms with van der Waals surface area (Å²) >= 11 is 0. The molecule has 0 saturated carbocycles. The molecule has 1 aromatic heterocycles. The van der Waals surface area contributed by atoms with Crippen LogP contribution >= 0.6 is 0 Å². The van der Waals surface area contributed by atoms with Crippen LogP contribution in [0.15, 0.2) is 4.90 Å². The maximum absolute atomic E-state index is 11.3. The molecule has 0 spiro atoms. The number of hydrogen-bond acceptors (Lipinski definition) is 4. The Balaban J connectivity index is 3.17. The van der Waals surface area contributed by atoms with Crippen molar-refractivity contribution in [1.29, 1.82) is 0 Å². The highest BCUT2D eigenvalue weighted by Gasteiger charge is 2.21. The summed E-state index contributed by atoms with van der Waals surface area (Å²) in [5.74, 6) is 0. The molecule has 1 unspecified atom stereocenters. The van der Waals surface area contributed by atoms with Gasteiger partial charge in [-0.2, -0.15) is 5.10 Å². The first-order valence-electron chi connectivity index (χ1n) is 4.87. The van der Waals surface area contributed by atoms with Gasteiger partial charge in [-0.1, -0.05) is 0 Å². The zero-order chi connectivity index (χ0) is 12.5. The van der Waals surface area contributed by atoms with Gasteiger partial charge < -0.3 is 4.74 Å². The number of methoxy groups -OCH3 is 1. The summed E-state index contributed by atoms with van der Waals surface area (Å²) in [6.07, 6.45) is -0.0358. The zero-order valence-electron chi connectivity index (χ0n) is 9.89. The molecule has 92 valence electrons. The first-order chi connectivity index (χ1) is 7.27. The van der Waals surface area contributed by atoms with Gasteiger partial charge >= 0.3 is 0 Å². The largest absolute Gasteiger partial charge is 0.380 e. The van der Waals surface area contributed by atoms with E-state index in [1.807, 2.05) is 6.92 Å². The van der Waals surface area contributed by atoms with Crippen LogP contribution in [0.4, 0.5) is 0 Å². The highest BCUT2D eigenvalue weighted by molar-refractivity contribution is 7.89. The van der Waals surface area contributed by atoms with Gasteiger partial charge in [-0.3, -0.25) is 4.68 Å². The van der Waals surface area contributed by atoms with Gasteiger partial charge in [0.15, 0.2) is 0 Å². The number of primary sulfonamides is 1. The molecule has 0 aliphatic heterocycles. The lowest BCUT2D eigenvalue weighted by molar-refractivity contribution is 0.0991. The summed E-state index contributed by atoms with van der Waals surface area (Å²) in [4.78, 5) is 0.107. The molecule has 0 bridgehead atoms. The minimum Gasteiger partial charge on any atom is -0.380 e. The van der Waals surface area contributed by atoms with Crippen molar-refractivity contribution in [3.05, 3.63) is 11.4 Å². The van der Waals surface area contributed by atoms with Crippen molar-refractivity contribution < 1.29 is 13.2 Å². The second kappa shape index (κ2) is 4.52. The Labute approximate surface area is 95.4 Å². The molecule has 0 fully saturated rings. The average molecular weight is 247 g/mol. The molecule has 0 aliphatic rings. The van der Waals surface area contributed by atoms with Gasteiger partial charge in [0.25, 0.3) is 0 Å². The fourth-order valence-corrected chi connectivity index (χ4v) is 2.56. The maximum atomic E-state index is 11.3. The van der Waals surface area contributed by atoms with E-state index < -0.39 is 10.0 Å². The van der Waals surface area contributed by atoms with E-state index in [9.17, 15) is 8.42 Å². The Morgan fingerprint density at radius 3 is 2.44 bits per heavy atom. The van der Waals surface area contributed by atoms with E-state index in [1.165, 1.54) is 0 Å². The van der Waals surface area contributed by atoms with Crippen LogP contribution in [0, 0.1) is 13.8 Å². The van der Waals surface area contributed by atoms with Crippen LogP contribution in [0.1, 0.15) is 18.3 Å². The van der Waals surface area contributed by atoms with Crippen molar-refractivity contribution in [1.82, 2.24) is 9.78 Å². The summed E-state index contributed by atoms with van der Waals surface area (Å²) in [5, 5.41) is 9.26. The van der Waals surface area contributed by atoms with Crippen LogP contribution in [0.2, 0.25) is 0 Å². The van der Waals surface area contributed by atoms with Crippen molar-refractivity contribution in [3.63, 3.8) is 0 Å². The summed E-state index contributed by atoms with van der Waals surface area (Å²) in [7, 11) is -2.12. The first kappa shape index (κ1) is 13.1. The molecule has 0 amide bonds. The van der Waals surface area contributed by atoms with Crippen LogP contribution < -0.4 is 5.14 Å². The molecule has 0 radical (unpaired) electrons. The van der Waals surface area contributed by atoms with Crippen molar-refractivity contribution in [3.8, 4) is 0 Å². The third-order valence-corrected chi connectivity index (χ3v) is 3.59. The number of rotatable bonds is 4. The van der Waals surface area contributed by atoms with E-state index in [-0.39, 0.29) is 11.0 Å². The molecule has 16 heavy (non-hydrogen) atoms. The van der Waals surface area contributed by atoms with Crippen LogP contribution in [0.25, 0.3) is 0 Å². The zero-order valence-corrected chi connectivity index (χ0v) is 10.7. The molecule has 1 aromatic rings. The molecule has 7 heteroatoms. The molecular formula is C9H17N3O3S.